The minimum Gasteiger partial charge on any atom is -0.481 e. The summed E-state index contributed by atoms with van der Waals surface area (Å²) in [5.74, 6) is -2.05. The van der Waals surface area contributed by atoms with Gasteiger partial charge in [0.15, 0.2) is 0 Å². The molecule has 0 saturated carbocycles. The number of nitrogens with one attached hydrogen (secondary N) is 2. The summed E-state index contributed by atoms with van der Waals surface area (Å²) in [6.45, 7) is 0. The van der Waals surface area contributed by atoms with Crippen molar-refractivity contribution in [1.82, 2.24) is 10.9 Å². The number of carboxylic acids is 1. The van der Waals surface area contributed by atoms with Crippen LogP contribution in [0.15, 0.2) is 18.2 Å². The molecule has 1 saturated heterocycles. The largest absolute Gasteiger partial charge is 0.481 e. The van der Waals surface area contributed by atoms with E-state index in [-0.39, 0.29) is 18.5 Å². The first-order valence-corrected chi connectivity index (χ1v) is 5.74. The van der Waals surface area contributed by atoms with Crippen LogP contribution < -0.4 is 10.9 Å². The highest BCUT2D eigenvalue weighted by Crippen LogP contribution is 2.26. The van der Waals surface area contributed by atoms with Crippen LogP contribution in [0.3, 0.4) is 0 Å². The maximum atomic E-state index is 13.5. The van der Waals surface area contributed by atoms with Crippen LogP contribution >= 0.6 is 0 Å². The predicted octanol–water partition coefficient (Wildman–Crippen LogP) is 1.74. The monoisotopic (exact) mass is 256 g/mol. The van der Waals surface area contributed by atoms with Crippen molar-refractivity contribution in [2.75, 3.05) is 0 Å². The van der Waals surface area contributed by atoms with Gasteiger partial charge in [0.1, 0.15) is 11.6 Å². The van der Waals surface area contributed by atoms with Gasteiger partial charge in [0.25, 0.3) is 0 Å². The van der Waals surface area contributed by atoms with Gasteiger partial charge in [0, 0.05) is 24.1 Å². The van der Waals surface area contributed by atoms with E-state index in [0.717, 1.165) is 6.07 Å². The van der Waals surface area contributed by atoms with Gasteiger partial charge in [-0.15, -0.1) is 0 Å². The third kappa shape index (κ3) is 3.02. The molecule has 1 aliphatic heterocycles. The Hall–Kier alpha value is -1.53. The molecular formula is C12H14F2N2O2. The van der Waals surface area contributed by atoms with Crippen molar-refractivity contribution in [1.29, 1.82) is 0 Å². The molecule has 0 radical (unpaired) electrons. The fourth-order valence-corrected chi connectivity index (χ4v) is 2.10. The Morgan fingerprint density at radius 3 is 2.83 bits per heavy atom. The van der Waals surface area contributed by atoms with E-state index in [1.54, 1.807) is 0 Å². The van der Waals surface area contributed by atoms with Crippen LogP contribution in [0, 0.1) is 11.6 Å². The number of hydrogen-bond donors (Lipinski definition) is 3. The van der Waals surface area contributed by atoms with E-state index in [1.807, 2.05) is 0 Å². The summed E-state index contributed by atoms with van der Waals surface area (Å²) in [6.07, 6.45) is 1.12. The average Bonchev–Trinajstić information content (AvgIpc) is 2.75. The summed E-state index contributed by atoms with van der Waals surface area (Å²) in [7, 11) is 0. The smallest absolute Gasteiger partial charge is 0.303 e. The van der Waals surface area contributed by atoms with Gasteiger partial charge in [-0.25, -0.2) is 14.2 Å². The Morgan fingerprint density at radius 1 is 1.39 bits per heavy atom. The third-order valence-electron chi connectivity index (χ3n) is 3.03. The lowest BCUT2D eigenvalue weighted by Gasteiger charge is -2.10. The maximum Gasteiger partial charge on any atom is 0.303 e. The van der Waals surface area contributed by atoms with Gasteiger partial charge >= 0.3 is 5.97 Å². The number of benzene rings is 1. The van der Waals surface area contributed by atoms with Crippen LogP contribution in [0.4, 0.5) is 8.78 Å². The molecule has 1 aromatic carbocycles. The predicted molar refractivity (Wildman–Crippen MR) is 60.6 cm³/mol. The molecule has 2 rings (SSSR count). The van der Waals surface area contributed by atoms with E-state index in [0.29, 0.717) is 18.4 Å². The van der Waals surface area contributed by atoms with Gasteiger partial charge in [-0.05, 0) is 18.9 Å². The maximum absolute atomic E-state index is 13.5. The van der Waals surface area contributed by atoms with E-state index in [2.05, 4.69) is 10.9 Å². The van der Waals surface area contributed by atoms with Gasteiger partial charge in [-0.1, -0.05) is 6.07 Å². The Morgan fingerprint density at radius 2 is 2.17 bits per heavy atom. The van der Waals surface area contributed by atoms with Crippen LogP contribution in [-0.2, 0) is 4.79 Å². The fraction of sp³-hybridized carbons (Fsp3) is 0.417. The highest BCUT2D eigenvalue weighted by molar-refractivity contribution is 5.66. The molecule has 0 spiro atoms. The molecule has 2 atom stereocenters. The topological polar surface area (TPSA) is 61.4 Å². The molecule has 1 aliphatic rings. The second-order valence-corrected chi connectivity index (χ2v) is 4.37. The lowest BCUT2D eigenvalue weighted by molar-refractivity contribution is -0.137. The molecule has 1 aromatic rings. The lowest BCUT2D eigenvalue weighted by atomic mass is 9.99. The van der Waals surface area contributed by atoms with Crippen molar-refractivity contribution in [2.45, 2.75) is 31.3 Å². The minimum absolute atomic E-state index is 0.0180. The van der Waals surface area contributed by atoms with Crippen LogP contribution in [0.25, 0.3) is 0 Å². The van der Waals surface area contributed by atoms with Crippen molar-refractivity contribution in [2.24, 2.45) is 0 Å². The quantitative estimate of drug-likeness (QED) is 0.768. The van der Waals surface area contributed by atoms with Crippen molar-refractivity contribution in [3.63, 3.8) is 0 Å². The van der Waals surface area contributed by atoms with Gasteiger partial charge < -0.3 is 5.11 Å². The van der Waals surface area contributed by atoms with Crippen LogP contribution in [-0.4, -0.2) is 17.1 Å². The Bertz CT molecular complexity index is 454. The van der Waals surface area contributed by atoms with Crippen LogP contribution in [0.5, 0.6) is 0 Å². The summed E-state index contributed by atoms with van der Waals surface area (Å²) >= 11 is 0. The molecule has 0 aromatic heterocycles. The standard InChI is InChI=1S/C12H14F2N2O2/c13-7-1-3-9(10(14)5-7)11-6-8(15-16-11)2-4-12(17)18/h1,3,5,8,11,15-16H,2,4,6H2,(H,17,18). The molecular weight excluding hydrogens is 242 g/mol. The van der Waals surface area contributed by atoms with E-state index in [9.17, 15) is 13.6 Å². The molecule has 4 nitrogen and oxygen atoms in total. The second-order valence-electron chi connectivity index (χ2n) is 4.37. The Kier molecular flexibility index (Phi) is 3.88. The molecule has 2 unspecified atom stereocenters. The van der Waals surface area contributed by atoms with Crippen molar-refractivity contribution in [3.05, 3.63) is 35.4 Å². The van der Waals surface area contributed by atoms with Gasteiger partial charge in [-0.3, -0.25) is 10.2 Å². The summed E-state index contributed by atoms with van der Waals surface area (Å²) in [6, 6.07) is 3.19. The van der Waals surface area contributed by atoms with Crippen molar-refractivity contribution in [3.8, 4) is 0 Å². The first-order valence-electron chi connectivity index (χ1n) is 5.74. The number of hydrazine groups is 1. The summed E-state index contributed by atoms with van der Waals surface area (Å²) < 4.78 is 26.3. The SMILES string of the molecule is O=C(O)CCC1CC(c2ccc(F)cc2F)NN1. The van der Waals surface area contributed by atoms with Crippen molar-refractivity contribution >= 4 is 5.97 Å². The molecule has 1 heterocycles. The zero-order valence-electron chi connectivity index (χ0n) is 9.62. The van der Waals surface area contributed by atoms with E-state index in [4.69, 9.17) is 5.11 Å². The van der Waals surface area contributed by atoms with Crippen molar-refractivity contribution < 1.29 is 18.7 Å². The highest BCUT2D eigenvalue weighted by Gasteiger charge is 2.27. The minimum atomic E-state index is -0.854. The molecule has 18 heavy (non-hydrogen) atoms. The normalized spacial score (nSPS) is 23.2. The zero-order valence-corrected chi connectivity index (χ0v) is 9.62. The van der Waals surface area contributed by atoms with Gasteiger partial charge in [0.05, 0.1) is 6.04 Å². The van der Waals surface area contributed by atoms with E-state index >= 15 is 0 Å². The number of rotatable bonds is 4. The zero-order chi connectivity index (χ0) is 13.1. The number of hydrogen-bond acceptors (Lipinski definition) is 3. The molecule has 6 heteroatoms. The molecule has 0 amide bonds. The molecule has 0 aliphatic carbocycles. The van der Waals surface area contributed by atoms with Gasteiger partial charge in [-0.2, -0.15) is 0 Å². The van der Waals surface area contributed by atoms with Crippen LogP contribution in [0.1, 0.15) is 30.9 Å². The molecule has 3 N–H and O–H groups in total. The molecule has 98 valence electrons. The third-order valence-corrected chi connectivity index (χ3v) is 3.03. The first-order chi connectivity index (χ1) is 8.56. The number of carbonyl (C=O) groups is 1. The second kappa shape index (κ2) is 5.41. The molecule has 0 bridgehead atoms. The number of carboxylic acid groups (broad SMARTS) is 1. The van der Waals surface area contributed by atoms with Gasteiger partial charge in [0.2, 0.25) is 0 Å². The van der Waals surface area contributed by atoms with E-state index < -0.39 is 17.6 Å². The highest BCUT2D eigenvalue weighted by atomic mass is 19.1. The van der Waals surface area contributed by atoms with Crippen LogP contribution in [0.2, 0.25) is 0 Å². The fourth-order valence-electron chi connectivity index (χ4n) is 2.10. The summed E-state index contributed by atoms with van der Waals surface area (Å²) in [4.78, 5) is 10.4. The van der Waals surface area contributed by atoms with E-state index in [1.165, 1.54) is 12.1 Å². The Labute approximate surface area is 103 Å². The molecule has 1 fully saturated rings. The number of aliphatic carboxylic acids is 1. The summed E-state index contributed by atoms with van der Waals surface area (Å²) in [5.41, 5.74) is 6.22. The number of halogens is 2. The summed E-state index contributed by atoms with van der Waals surface area (Å²) in [5, 5.41) is 8.58. The average molecular weight is 256 g/mol. The Balaban J connectivity index is 1.97. The lowest BCUT2D eigenvalue weighted by Crippen LogP contribution is -2.31. The first kappa shape index (κ1) is 12.9.